The minimum absolute atomic E-state index is 0.0587. The van der Waals surface area contributed by atoms with Gasteiger partial charge in [-0.25, -0.2) is 0 Å². The van der Waals surface area contributed by atoms with Crippen LogP contribution in [0.1, 0.15) is 48.8 Å². The first-order chi connectivity index (χ1) is 20.6. The van der Waals surface area contributed by atoms with Crippen molar-refractivity contribution in [1.82, 2.24) is 5.32 Å². The Morgan fingerprint density at radius 2 is 1.64 bits per heavy atom. The van der Waals surface area contributed by atoms with Crippen molar-refractivity contribution in [2.24, 2.45) is 0 Å². The molecule has 1 fully saturated rings. The van der Waals surface area contributed by atoms with Crippen LogP contribution in [0.3, 0.4) is 0 Å². The molecule has 0 amide bonds. The van der Waals surface area contributed by atoms with Crippen LogP contribution in [-0.2, 0) is 36.9 Å². The van der Waals surface area contributed by atoms with Crippen molar-refractivity contribution >= 4 is 5.69 Å². The number of hydrogen-bond acceptors (Lipinski definition) is 9. The number of aliphatic hydroxyl groups excluding tert-OH is 1. The molecule has 4 rings (SSSR count). The standard InChI is InChI=1S/C33H50N2O7/c1-25(36)12-18-40-31-21-34-22-32(33(31)28-9-6-26(7-10-28)23-39-17-5-16-38-3)42-24-27-8-11-30-29(20-27)35(14-19-41-30)13-4-15-37-2/h6-11,20,25,31-34,36H,4-5,12-19,21-24H2,1-3H3/t25-,31+,32-,33-/m0/s1. The third kappa shape index (κ3) is 9.91. The van der Waals surface area contributed by atoms with Crippen LogP contribution in [0.4, 0.5) is 5.69 Å². The number of hydrogen-bond donors (Lipinski definition) is 2. The van der Waals surface area contributed by atoms with Crippen LogP contribution < -0.4 is 15.0 Å². The fourth-order valence-corrected chi connectivity index (χ4v) is 5.58. The molecule has 0 bridgehead atoms. The lowest BCUT2D eigenvalue weighted by Gasteiger charge is -2.39. The molecule has 2 aliphatic heterocycles. The molecule has 0 spiro atoms. The number of aliphatic hydroxyl groups is 1. The number of methoxy groups -OCH3 is 2. The summed E-state index contributed by atoms with van der Waals surface area (Å²) < 4.78 is 35.1. The summed E-state index contributed by atoms with van der Waals surface area (Å²) in [5, 5.41) is 13.3. The Hall–Kier alpha value is -2.24. The third-order valence-corrected chi connectivity index (χ3v) is 7.85. The minimum atomic E-state index is -0.391. The number of benzene rings is 2. The van der Waals surface area contributed by atoms with Gasteiger partial charge in [-0.05, 0) is 55.0 Å². The van der Waals surface area contributed by atoms with Crippen molar-refractivity contribution in [3.8, 4) is 5.75 Å². The number of nitrogens with zero attached hydrogens (tertiary/aromatic N) is 1. The van der Waals surface area contributed by atoms with Crippen LogP contribution in [0.5, 0.6) is 5.75 Å². The van der Waals surface area contributed by atoms with Crippen LogP contribution in [-0.4, -0.2) is 96.9 Å². The molecule has 2 aromatic rings. The van der Waals surface area contributed by atoms with Gasteiger partial charge >= 0.3 is 0 Å². The molecule has 2 aromatic carbocycles. The minimum Gasteiger partial charge on any atom is -0.490 e. The Morgan fingerprint density at radius 3 is 2.40 bits per heavy atom. The number of anilines is 1. The van der Waals surface area contributed by atoms with Crippen molar-refractivity contribution in [3.63, 3.8) is 0 Å². The SMILES string of the molecule is COCCCOCc1ccc([C@@H]2[C@@H](OCc3ccc4c(c3)N(CCCOC)CCO4)CNC[C@H]2OCC[C@H](C)O)cc1. The van der Waals surface area contributed by atoms with E-state index in [0.717, 1.165) is 68.2 Å². The first-order valence-corrected chi connectivity index (χ1v) is 15.4. The van der Waals surface area contributed by atoms with Crippen LogP contribution in [0.25, 0.3) is 0 Å². The molecule has 2 aliphatic rings. The zero-order valence-electron chi connectivity index (χ0n) is 25.6. The molecule has 9 heteroatoms. The smallest absolute Gasteiger partial charge is 0.142 e. The Morgan fingerprint density at radius 1 is 0.905 bits per heavy atom. The van der Waals surface area contributed by atoms with Gasteiger partial charge in [-0.3, -0.25) is 0 Å². The Kier molecular flexibility index (Phi) is 13.8. The molecule has 234 valence electrons. The summed E-state index contributed by atoms with van der Waals surface area (Å²) in [5.41, 5.74) is 4.57. The van der Waals surface area contributed by atoms with E-state index in [2.05, 4.69) is 52.7 Å². The van der Waals surface area contributed by atoms with Gasteiger partial charge in [0.25, 0.3) is 0 Å². The van der Waals surface area contributed by atoms with E-state index in [1.54, 1.807) is 21.1 Å². The summed E-state index contributed by atoms with van der Waals surface area (Å²) in [6.07, 6.45) is 1.94. The van der Waals surface area contributed by atoms with Gasteiger partial charge in [-0.1, -0.05) is 30.3 Å². The summed E-state index contributed by atoms with van der Waals surface area (Å²) in [4.78, 5) is 2.38. The van der Waals surface area contributed by atoms with Gasteiger partial charge in [0.15, 0.2) is 0 Å². The number of piperidine rings is 1. The number of ether oxygens (including phenoxy) is 6. The molecule has 42 heavy (non-hydrogen) atoms. The number of fused-ring (bicyclic) bond motifs is 1. The van der Waals surface area contributed by atoms with Crippen LogP contribution in [0.15, 0.2) is 42.5 Å². The fraction of sp³-hybridized carbons (Fsp3) is 0.636. The number of rotatable bonds is 18. The Bertz CT molecular complexity index is 1040. The molecule has 1 saturated heterocycles. The van der Waals surface area contributed by atoms with Gasteiger partial charge in [0.1, 0.15) is 12.4 Å². The predicted molar refractivity (Wildman–Crippen MR) is 163 cm³/mol. The summed E-state index contributed by atoms with van der Waals surface area (Å²) in [6.45, 7) is 9.48. The zero-order valence-corrected chi connectivity index (χ0v) is 25.6. The topological polar surface area (TPSA) is 90.9 Å². The molecule has 2 N–H and O–H groups in total. The van der Waals surface area contributed by atoms with Gasteiger partial charge in [0, 0.05) is 66.2 Å². The zero-order chi connectivity index (χ0) is 29.6. The summed E-state index contributed by atoms with van der Waals surface area (Å²) in [7, 11) is 3.45. The maximum atomic E-state index is 9.78. The molecule has 2 heterocycles. The molecule has 0 aliphatic carbocycles. The Balaban J connectivity index is 1.44. The van der Waals surface area contributed by atoms with Gasteiger partial charge < -0.3 is 43.7 Å². The summed E-state index contributed by atoms with van der Waals surface area (Å²) in [5.74, 6) is 0.984. The highest BCUT2D eigenvalue weighted by Gasteiger charge is 2.36. The summed E-state index contributed by atoms with van der Waals surface area (Å²) in [6, 6.07) is 15.0. The van der Waals surface area contributed by atoms with Crippen molar-refractivity contribution in [2.45, 2.75) is 63.6 Å². The lowest BCUT2D eigenvalue weighted by Crippen LogP contribution is -2.50. The van der Waals surface area contributed by atoms with Gasteiger partial charge in [-0.15, -0.1) is 0 Å². The Labute approximate surface area is 251 Å². The molecular weight excluding hydrogens is 536 g/mol. The molecule has 0 saturated carbocycles. The fourth-order valence-electron chi connectivity index (χ4n) is 5.58. The largest absolute Gasteiger partial charge is 0.490 e. The average Bonchev–Trinajstić information content (AvgIpc) is 3.00. The third-order valence-electron chi connectivity index (χ3n) is 7.85. The van der Waals surface area contributed by atoms with E-state index in [0.29, 0.717) is 46.1 Å². The van der Waals surface area contributed by atoms with E-state index in [4.69, 9.17) is 28.4 Å². The normalized spacial score (nSPS) is 21.1. The van der Waals surface area contributed by atoms with E-state index < -0.39 is 6.10 Å². The first kappa shape index (κ1) is 32.7. The lowest BCUT2D eigenvalue weighted by atomic mass is 9.85. The number of nitrogens with one attached hydrogen (secondary N) is 1. The van der Waals surface area contributed by atoms with Gasteiger partial charge in [0.05, 0.1) is 43.8 Å². The molecule has 0 unspecified atom stereocenters. The molecule has 0 radical (unpaired) electrons. The van der Waals surface area contributed by atoms with Gasteiger partial charge in [0.2, 0.25) is 0 Å². The highest BCUT2D eigenvalue weighted by Crippen LogP contribution is 2.34. The van der Waals surface area contributed by atoms with E-state index in [1.165, 1.54) is 5.56 Å². The van der Waals surface area contributed by atoms with Gasteiger partial charge in [-0.2, -0.15) is 0 Å². The molecular formula is C33H50N2O7. The highest BCUT2D eigenvalue weighted by atomic mass is 16.5. The highest BCUT2D eigenvalue weighted by molar-refractivity contribution is 5.61. The first-order valence-electron chi connectivity index (χ1n) is 15.4. The second-order valence-corrected chi connectivity index (χ2v) is 11.2. The molecule has 4 atom stereocenters. The van der Waals surface area contributed by atoms with E-state index in [1.807, 2.05) is 0 Å². The van der Waals surface area contributed by atoms with Crippen molar-refractivity contribution in [1.29, 1.82) is 0 Å². The summed E-state index contributed by atoms with van der Waals surface area (Å²) >= 11 is 0. The maximum Gasteiger partial charge on any atom is 0.142 e. The second kappa shape index (κ2) is 17.8. The monoisotopic (exact) mass is 586 g/mol. The van der Waals surface area contributed by atoms with E-state index in [-0.39, 0.29) is 18.1 Å². The second-order valence-electron chi connectivity index (χ2n) is 11.2. The lowest BCUT2D eigenvalue weighted by molar-refractivity contribution is -0.0639. The predicted octanol–water partition coefficient (Wildman–Crippen LogP) is 3.90. The van der Waals surface area contributed by atoms with Crippen LogP contribution in [0.2, 0.25) is 0 Å². The maximum absolute atomic E-state index is 9.78. The molecule has 0 aromatic heterocycles. The van der Waals surface area contributed by atoms with E-state index in [9.17, 15) is 5.11 Å². The van der Waals surface area contributed by atoms with Crippen LogP contribution in [0, 0.1) is 0 Å². The van der Waals surface area contributed by atoms with Crippen LogP contribution >= 0.6 is 0 Å². The van der Waals surface area contributed by atoms with Crippen molar-refractivity contribution < 1.29 is 33.5 Å². The van der Waals surface area contributed by atoms with Crippen molar-refractivity contribution in [2.75, 3.05) is 78.3 Å². The molecule has 9 nitrogen and oxygen atoms in total. The quantitative estimate of drug-likeness (QED) is 0.253. The average molecular weight is 587 g/mol. The van der Waals surface area contributed by atoms with Crippen molar-refractivity contribution in [3.05, 3.63) is 59.2 Å². The van der Waals surface area contributed by atoms with E-state index >= 15 is 0 Å².